The maximum absolute atomic E-state index is 13.9. The summed E-state index contributed by atoms with van der Waals surface area (Å²) in [6, 6.07) is 9.61. The number of fused-ring (bicyclic) bond motifs is 1. The van der Waals surface area contributed by atoms with E-state index in [2.05, 4.69) is 10.6 Å². The first kappa shape index (κ1) is 26.9. The third-order valence-corrected chi connectivity index (χ3v) is 6.23. The number of hydrogen-bond donors (Lipinski definition) is 2. The van der Waals surface area contributed by atoms with Gasteiger partial charge in [-0.05, 0) is 37.3 Å². The second kappa shape index (κ2) is 11.9. The smallest absolute Gasteiger partial charge is 0.323 e. The fraction of sp³-hybridized carbons (Fsp3) is 0.423. The van der Waals surface area contributed by atoms with E-state index in [4.69, 9.17) is 9.47 Å². The molecule has 2 aromatic rings. The maximum atomic E-state index is 13.9. The molecule has 4 amide bonds. The summed E-state index contributed by atoms with van der Waals surface area (Å²) in [6.45, 7) is 6.32. The van der Waals surface area contributed by atoms with Gasteiger partial charge in [-0.2, -0.15) is 0 Å². The number of ether oxygens (including phenoxy) is 2. The van der Waals surface area contributed by atoms with Crippen LogP contribution < -0.4 is 15.4 Å². The zero-order valence-corrected chi connectivity index (χ0v) is 21.2. The van der Waals surface area contributed by atoms with Crippen molar-refractivity contribution in [2.24, 2.45) is 5.92 Å². The van der Waals surface area contributed by atoms with Crippen molar-refractivity contribution in [3.63, 3.8) is 0 Å². The summed E-state index contributed by atoms with van der Waals surface area (Å²) in [6.07, 6.45) is -0.301. The molecule has 0 aliphatic carbocycles. The Hall–Kier alpha value is -3.66. The van der Waals surface area contributed by atoms with E-state index >= 15 is 0 Å². The molecule has 0 saturated heterocycles. The summed E-state index contributed by atoms with van der Waals surface area (Å²) < 4.78 is 25.5. The molecule has 0 saturated carbocycles. The van der Waals surface area contributed by atoms with Gasteiger partial charge >= 0.3 is 6.03 Å². The van der Waals surface area contributed by atoms with Gasteiger partial charge in [0.1, 0.15) is 18.2 Å². The lowest BCUT2D eigenvalue weighted by atomic mass is 10.0. The Morgan fingerprint density at radius 3 is 2.50 bits per heavy atom. The number of methoxy groups -OCH3 is 1. The van der Waals surface area contributed by atoms with E-state index in [1.54, 1.807) is 37.3 Å². The molecule has 2 N–H and O–H groups in total. The zero-order chi connectivity index (χ0) is 26.4. The fourth-order valence-corrected chi connectivity index (χ4v) is 4.14. The molecule has 0 bridgehead atoms. The first-order valence-electron chi connectivity index (χ1n) is 11.8. The van der Waals surface area contributed by atoms with Crippen LogP contribution in [-0.4, -0.2) is 73.6 Å². The molecule has 10 heteroatoms. The van der Waals surface area contributed by atoms with Crippen LogP contribution in [0.15, 0.2) is 42.5 Å². The SMILES string of the molecule is CO[C@@H]1CN(C)C(=O)c2cc(NC(=O)Nc3ccccc3F)ccc2OC[C@@H](C)N(C(C)=O)C[C@H]1C. The highest BCUT2D eigenvalue weighted by Gasteiger charge is 2.29. The molecule has 9 nitrogen and oxygen atoms in total. The minimum absolute atomic E-state index is 0.0317. The summed E-state index contributed by atoms with van der Waals surface area (Å²) in [5, 5.41) is 5.08. The summed E-state index contributed by atoms with van der Waals surface area (Å²) in [7, 11) is 3.24. The van der Waals surface area contributed by atoms with E-state index < -0.39 is 11.8 Å². The minimum Gasteiger partial charge on any atom is -0.491 e. The molecule has 194 valence electrons. The number of carbonyl (C=O) groups is 3. The number of nitrogens with one attached hydrogen (secondary N) is 2. The lowest BCUT2D eigenvalue weighted by Gasteiger charge is -2.35. The van der Waals surface area contributed by atoms with Gasteiger partial charge in [-0.15, -0.1) is 0 Å². The van der Waals surface area contributed by atoms with Crippen molar-refractivity contribution in [1.82, 2.24) is 9.80 Å². The minimum atomic E-state index is -0.658. The molecule has 0 fully saturated rings. The summed E-state index contributed by atoms with van der Waals surface area (Å²) in [5.74, 6) is -0.662. The Kier molecular flexibility index (Phi) is 8.87. The molecule has 0 spiro atoms. The average Bonchev–Trinajstić information content (AvgIpc) is 2.84. The number of rotatable bonds is 3. The van der Waals surface area contributed by atoms with Crippen molar-refractivity contribution in [1.29, 1.82) is 0 Å². The second-order valence-electron chi connectivity index (χ2n) is 9.04. The predicted octanol–water partition coefficient (Wildman–Crippen LogP) is 3.82. The van der Waals surface area contributed by atoms with Gasteiger partial charge in [-0.3, -0.25) is 9.59 Å². The highest BCUT2D eigenvalue weighted by atomic mass is 19.1. The van der Waals surface area contributed by atoms with Crippen molar-refractivity contribution >= 4 is 29.2 Å². The molecule has 3 atom stereocenters. The van der Waals surface area contributed by atoms with Crippen LogP contribution in [0.25, 0.3) is 0 Å². The van der Waals surface area contributed by atoms with Crippen LogP contribution in [0.3, 0.4) is 0 Å². The lowest BCUT2D eigenvalue weighted by molar-refractivity contribution is -0.133. The molecule has 3 rings (SSSR count). The Balaban J connectivity index is 1.89. The number of hydrogen-bond acceptors (Lipinski definition) is 5. The molecule has 0 aromatic heterocycles. The first-order chi connectivity index (χ1) is 17.1. The Bertz CT molecular complexity index is 1110. The monoisotopic (exact) mass is 500 g/mol. The molecule has 1 heterocycles. The van der Waals surface area contributed by atoms with Crippen LogP contribution in [-0.2, 0) is 9.53 Å². The first-order valence-corrected chi connectivity index (χ1v) is 11.8. The third kappa shape index (κ3) is 6.51. The Labute approximate surface area is 210 Å². The number of amides is 4. The van der Waals surface area contributed by atoms with Crippen LogP contribution in [0.5, 0.6) is 5.75 Å². The lowest BCUT2D eigenvalue weighted by Crippen LogP contribution is -2.48. The number of nitrogens with zero attached hydrogens (tertiary/aromatic N) is 2. The molecule has 36 heavy (non-hydrogen) atoms. The Morgan fingerprint density at radius 2 is 1.83 bits per heavy atom. The molecule has 0 radical (unpaired) electrons. The van der Waals surface area contributed by atoms with Gasteiger partial charge < -0.3 is 29.9 Å². The average molecular weight is 501 g/mol. The number of urea groups is 1. The van der Waals surface area contributed by atoms with Gasteiger partial charge in [-0.1, -0.05) is 19.1 Å². The zero-order valence-electron chi connectivity index (χ0n) is 21.2. The standard InChI is InChI=1S/C26H33FN4O5/c1-16-13-31(18(3)32)17(2)15-36-23-11-10-19(12-20(23)25(33)30(4)14-24(16)35-5)28-26(34)29-22-9-7-6-8-21(22)27/h6-12,16-17,24H,13-15H2,1-5H3,(H2,28,29,34)/t16-,17-,24-/m1/s1. The maximum Gasteiger partial charge on any atom is 0.323 e. The van der Waals surface area contributed by atoms with Crippen LogP contribution in [0.2, 0.25) is 0 Å². The van der Waals surface area contributed by atoms with Crippen molar-refractivity contribution in [3.05, 3.63) is 53.8 Å². The van der Waals surface area contributed by atoms with E-state index in [-0.39, 0.29) is 47.7 Å². The Morgan fingerprint density at radius 1 is 1.11 bits per heavy atom. The molecule has 1 aliphatic rings. The molecular formula is C26H33FN4O5. The quantitative estimate of drug-likeness (QED) is 0.668. The highest BCUT2D eigenvalue weighted by molar-refractivity contribution is 6.02. The number of anilines is 2. The predicted molar refractivity (Wildman–Crippen MR) is 135 cm³/mol. The fourth-order valence-electron chi connectivity index (χ4n) is 4.14. The van der Waals surface area contributed by atoms with Crippen LogP contribution in [0.4, 0.5) is 20.6 Å². The summed E-state index contributed by atoms with van der Waals surface area (Å²) in [5.41, 5.74) is 0.602. The molecular weight excluding hydrogens is 467 g/mol. The van der Waals surface area contributed by atoms with Crippen molar-refractivity contribution < 1.29 is 28.2 Å². The van der Waals surface area contributed by atoms with Gasteiger partial charge in [0.05, 0.1) is 23.4 Å². The largest absolute Gasteiger partial charge is 0.491 e. The molecule has 2 aromatic carbocycles. The van der Waals surface area contributed by atoms with Crippen molar-refractivity contribution in [2.45, 2.75) is 32.9 Å². The number of carbonyl (C=O) groups excluding carboxylic acids is 3. The number of halogens is 1. The summed E-state index contributed by atoms with van der Waals surface area (Å²) >= 11 is 0. The normalized spacial score (nSPS) is 20.9. The van der Waals surface area contributed by atoms with Crippen LogP contribution >= 0.6 is 0 Å². The van der Waals surface area contributed by atoms with Crippen LogP contribution in [0.1, 0.15) is 31.1 Å². The van der Waals surface area contributed by atoms with Crippen LogP contribution in [0, 0.1) is 11.7 Å². The van der Waals surface area contributed by atoms with E-state index in [1.807, 2.05) is 13.8 Å². The van der Waals surface area contributed by atoms with Gasteiger partial charge in [0.2, 0.25) is 5.91 Å². The van der Waals surface area contributed by atoms with Gasteiger partial charge in [0.15, 0.2) is 0 Å². The highest BCUT2D eigenvalue weighted by Crippen LogP contribution is 2.27. The van der Waals surface area contributed by atoms with E-state index in [0.29, 0.717) is 24.5 Å². The van der Waals surface area contributed by atoms with Crippen molar-refractivity contribution in [3.8, 4) is 5.75 Å². The second-order valence-corrected chi connectivity index (χ2v) is 9.04. The van der Waals surface area contributed by atoms with Crippen molar-refractivity contribution in [2.75, 3.05) is 44.5 Å². The number of para-hydroxylation sites is 1. The van der Waals surface area contributed by atoms with E-state index in [9.17, 15) is 18.8 Å². The van der Waals surface area contributed by atoms with E-state index in [1.165, 1.54) is 36.1 Å². The van der Waals surface area contributed by atoms with Gasteiger partial charge in [-0.25, -0.2) is 9.18 Å². The number of benzene rings is 2. The van der Waals surface area contributed by atoms with Gasteiger partial charge in [0.25, 0.3) is 5.91 Å². The number of likely N-dealkylation sites (N-methyl/N-ethyl adjacent to an activating group) is 1. The summed E-state index contributed by atoms with van der Waals surface area (Å²) in [4.78, 5) is 41.4. The third-order valence-electron chi connectivity index (χ3n) is 6.23. The van der Waals surface area contributed by atoms with Gasteiger partial charge in [0, 0.05) is 45.8 Å². The molecule has 0 unspecified atom stereocenters. The molecule has 1 aliphatic heterocycles. The topological polar surface area (TPSA) is 100 Å². The van der Waals surface area contributed by atoms with E-state index in [0.717, 1.165) is 0 Å².